The summed E-state index contributed by atoms with van der Waals surface area (Å²) in [6, 6.07) is 0. The van der Waals surface area contributed by atoms with Gasteiger partial charge in [0, 0.05) is 0 Å². The van der Waals surface area contributed by atoms with E-state index in [1.807, 2.05) is 0 Å². The van der Waals surface area contributed by atoms with Crippen molar-refractivity contribution in [1.82, 2.24) is 0 Å². The second-order valence-corrected chi connectivity index (χ2v) is 1.50. The van der Waals surface area contributed by atoms with E-state index in [0.29, 0.717) is 0 Å². The zero-order valence-electron chi connectivity index (χ0n) is 4.76. The van der Waals surface area contributed by atoms with Crippen molar-refractivity contribution in [2.75, 3.05) is 0 Å². The molecule has 0 nitrogen and oxygen atoms in total. The first-order valence-corrected chi connectivity index (χ1v) is 1.50. The minimum atomic E-state index is 0. The van der Waals surface area contributed by atoms with Crippen molar-refractivity contribution in [3.05, 3.63) is 5.92 Å². The summed E-state index contributed by atoms with van der Waals surface area (Å²) < 4.78 is 0. The topological polar surface area (TPSA) is 0 Å². The summed E-state index contributed by atoms with van der Waals surface area (Å²) in [5.74, 6) is 1.42. The van der Waals surface area contributed by atoms with Gasteiger partial charge in [-0.05, 0) is 0 Å². The third-order valence-corrected chi connectivity index (χ3v) is 0. The second-order valence-electron chi connectivity index (χ2n) is 1.50. The van der Waals surface area contributed by atoms with Crippen LogP contribution >= 0.6 is 0 Å². The van der Waals surface area contributed by atoms with Crippen LogP contribution in [-0.2, 0) is 21.7 Å². The van der Waals surface area contributed by atoms with Crippen LogP contribution in [0.25, 0.3) is 0 Å². The third kappa shape index (κ3) is 122. The molecule has 0 aliphatic carbocycles. The maximum absolute atomic E-state index is 2.08. The van der Waals surface area contributed by atoms with Crippen molar-refractivity contribution in [1.29, 1.82) is 0 Å². The van der Waals surface area contributed by atoms with Crippen LogP contribution in [0.15, 0.2) is 0 Å². The van der Waals surface area contributed by atoms with E-state index < -0.39 is 0 Å². The van der Waals surface area contributed by atoms with Crippen molar-refractivity contribution in [3.63, 3.8) is 0 Å². The molecule has 7 heavy (non-hydrogen) atoms. The number of halogens is 2. The van der Waals surface area contributed by atoms with E-state index in [4.69, 9.17) is 0 Å². The maximum Gasteiger partial charge on any atom is 3.00 e. The number of hydrogen-bond acceptors (Lipinski definition) is 0. The summed E-state index contributed by atoms with van der Waals surface area (Å²) in [5, 5.41) is 0. The maximum atomic E-state index is 2.08. The van der Waals surface area contributed by atoms with Crippen LogP contribution in [-0.4, -0.2) is 0 Å². The van der Waals surface area contributed by atoms with E-state index in [2.05, 4.69) is 20.8 Å². The van der Waals surface area contributed by atoms with Crippen LogP contribution in [0, 0.1) is 5.92 Å². The molecule has 0 heterocycles. The van der Waals surface area contributed by atoms with E-state index in [-0.39, 0.29) is 46.5 Å². The first kappa shape index (κ1) is 23.9. The van der Waals surface area contributed by atoms with Gasteiger partial charge in [-0.3, -0.25) is 0 Å². The van der Waals surface area contributed by atoms with Gasteiger partial charge in [0.2, 0.25) is 0 Å². The van der Waals surface area contributed by atoms with Crippen LogP contribution < -0.4 is 24.8 Å². The molecule has 43 valence electrons. The third-order valence-electron chi connectivity index (χ3n) is 0. The van der Waals surface area contributed by atoms with Gasteiger partial charge >= 0.3 is 21.7 Å². The molecular formula is C4H9Cl2Ti. The first-order chi connectivity index (χ1) is 1.73. The molecule has 0 amide bonds. The molecule has 0 aliphatic heterocycles. The van der Waals surface area contributed by atoms with Gasteiger partial charge in [-0.15, -0.1) is 0 Å². The van der Waals surface area contributed by atoms with E-state index in [0.717, 1.165) is 0 Å². The molecule has 1 radical (unpaired) electrons. The molecule has 0 fully saturated rings. The average molecular weight is 176 g/mol. The fraction of sp³-hybridized carbons (Fsp3) is 0.750. The molecule has 0 saturated heterocycles. The van der Waals surface area contributed by atoms with Crippen molar-refractivity contribution < 1.29 is 46.5 Å². The molecule has 0 atom stereocenters. The molecule has 0 unspecified atom stereocenters. The predicted molar refractivity (Wildman–Crippen MR) is 20.3 cm³/mol. The molecule has 0 saturated carbocycles. The summed E-state index contributed by atoms with van der Waals surface area (Å²) in [4.78, 5) is 0. The van der Waals surface area contributed by atoms with Gasteiger partial charge < -0.3 is 30.7 Å². The minimum Gasteiger partial charge on any atom is -1.00 e. The van der Waals surface area contributed by atoms with Crippen LogP contribution in [0.5, 0.6) is 0 Å². The normalized spacial score (nSPS) is 5.14. The molecule has 0 aliphatic rings. The van der Waals surface area contributed by atoms with Crippen molar-refractivity contribution in [2.45, 2.75) is 20.8 Å². The van der Waals surface area contributed by atoms with Gasteiger partial charge in [-0.1, -0.05) is 0 Å². The Morgan fingerprint density at radius 1 is 0.857 bits per heavy atom. The zero-order chi connectivity index (χ0) is 3.58. The van der Waals surface area contributed by atoms with Gasteiger partial charge in [0.25, 0.3) is 0 Å². The standard InChI is InChI=1S/C4H9.2ClH.Ti/c1-4(2)3;;;/h1-3H3;2*1H;/q-1;;;+3/p-2. The Kier molecular flexibility index (Phi) is 53.6. The minimum absolute atomic E-state index is 0. The molecule has 3 heteroatoms. The predicted octanol–water partition coefficient (Wildman–Crippen LogP) is -4.37. The SMILES string of the molecule is C[C-](C)C.[Cl-].[Cl-].[Ti+3]. The van der Waals surface area contributed by atoms with Crippen molar-refractivity contribution in [2.24, 2.45) is 0 Å². The zero-order valence-corrected chi connectivity index (χ0v) is 7.83. The Morgan fingerprint density at radius 2 is 0.857 bits per heavy atom. The van der Waals surface area contributed by atoms with E-state index in [9.17, 15) is 0 Å². The molecule has 0 aromatic carbocycles. The Morgan fingerprint density at radius 3 is 0.857 bits per heavy atom. The van der Waals surface area contributed by atoms with Gasteiger partial charge in [0.05, 0.1) is 0 Å². The summed E-state index contributed by atoms with van der Waals surface area (Å²) in [6.07, 6.45) is 0. The fourth-order valence-electron chi connectivity index (χ4n) is 0. The first-order valence-electron chi connectivity index (χ1n) is 1.50. The fourth-order valence-corrected chi connectivity index (χ4v) is 0. The van der Waals surface area contributed by atoms with Gasteiger partial charge in [0.15, 0.2) is 0 Å². The summed E-state index contributed by atoms with van der Waals surface area (Å²) in [5.41, 5.74) is 0. The molecule has 0 spiro atoms. The molecule has 0 rings (SSSR count). The van der Waals surface area contributed by atoms with Crippen LogP contribution in [0.3, 0.4) is 0 Å². The van der Waals surface area contributed by atoms with Gasteiger partial charge in [-0.2, -0.15) is 20.8 Å². The van der Waals surface area contributed by atoms with E-state index in [1.165, 1.54) is 5.92 Å². The number of rotatable bonds is 0. The largest absolute Gasteiger partial charge is 3.00 e. The quantitative estimate of drug-likeness (QED) is 0.258. The van der Waals surface area contributed by atoms with Gasteiger partial charge in [0.1, 0.15) is 0 Å². The molecule has 0 N–H and O–H groups in total. The van der Waals surface area contributed by atoms with Gasteiger partial charge in [-0.25, -0.2) is 0 Å². The van der Waals surface area contributed by atoms with Crippen molar-refractivity contribution >= 4 is 0 Å². The van der Waals surface area contributed by atoms with E-state index in [1.54, 1.807) is 0 Å². The number of hydrogen-bond donors (Lipinski definition) is 0. The Labute approximate surface area is 73.1 Å². The average Bonchev–Trinajstić information content (AvgIpc) is 0.811. The van der Waals surface area contributed by atoms with Crippen LogP contribution in [0.4, 0.5) is 0 Å². The smallest absolute Gasteiger partial charge is 1.00 e. The molecule has 0 bridgehead atoms. The second kappa shape index (κ2) is 15.7. The Bertz CT molecular complexity index is 14.4. The molecule has 0 aromatic rings. The summed E-state index contributed by atoms with van der Waals surface area (Å²) >= 11 is 0. The van der Waals surface area contributed by atoms with Crippen LogP contribution in [0.2, 0.25) is 0 Å². The Hall–Kier alpha value is 1.29. The van der Waals surface area contributed by atoms with Crippen molar-refractivity contribution in [3.8, 4) is 0 Å². The molecule has 0 aromatic heterocycles. The Balaban J connectivity index is -0.0000000150. The summed E-state index contributed by atoms with van der Waals surface area (Å²) in [6.45, 7) is 6.25. The monoisotopic (exact) mass is 175 g/mol. The van der Waals surface area contributed by atoms with E-state index >= 15 is 0 Å². The van der Waals surface area contributed by atoms with Crippen LogP contribution in [0.1, 0.15) is 20.8 Å². The summed E-state index contributed by atoms with van der Waals surface area (Å²) in [7, 11) is 0. The molecular weight excluding hydrogens is 167 g/mol.